The van der Waals surface area contributed by atoms with Gasteiger partial charge in [-0.05, 0) is 18.2 Å². The summed E-state index contributed by atoms with van der Waals surface area (Å²) in [6.45, 7) is 1.16. The molecule has 1 aromatic carbocycles. The van der Waals surface area contributed by atoms with Crippen molar-refractivity contribution in [2.45, 2.75) is 12.5 Å². The maximum absolute atomic E-state index is 13.9. The monoisotopic (exact) mass is 386 g/mol. The normalized spacial score (nSPS) is 16.1. The van der Waals surface area contributed by atoms with Crippen LogP contribution in [0.5, 0.6) is 5.88 Å². The molecule has 0 radical (unpaired) electrons. The number of anilines is 1. The molecule has 0 unspecified atom stereocenters. The van der Waals surface area contributed by atoms with Crippen LogP contribution in [-0.4, -0.2) is 40.0 Å². The van der Waals surface area contributed by atoms with Gasteiger partial charge < -0.3 is 14.8 Å². The molecule has 28 heavy (non-hydrogen) atoms. The number of carbonyl (C=O) groups excluding carboxylic acids is 1. The minimum absolute atomic E-state index is 0.0406. The number of carbonyl (C=O) groups is 1. The van der Waals surface area contributed by atoms with Gasteiger partial charge in [0.05, 0.1) is 25.0 Å². The summed E-state index contributed by atoms with van der Waals surface area (Å²) in [6.07, 6.45) is 4.92. The van der Waals surface area contributed by atoms with Crippen LogP contribution in [0.15, 0.2) is 48.9 Å². The maximum Gasteiger partial charge on any atom is 0.258 e. The van der Waals surface area contributed by atoms with Crippen LogP contribution in [0.25, 0.3) is 5.69 Å². The summed E-state index contributed by atoms with van der Waals surface area (Å²) in [6, 6.07) is 6.36. The van der Waals surface area contributed by atoms with E-state index in [0.717, 1.165) is 18.6 Å². The van der Waals surface area contributed by atoms with Crippen LogP contribution in [0.1, 0.15) is 16.8 Å². The SMILES string of the molecule is O=C(Nc1ccnc(O[C@H]2CCOC2)c1)c1cnn(-c2ccc(F)cc2F)c1. The highest BCUT2D eigenvalue weighted by molar-refractivity contribution is 6.04. The van der Waals surface area contributed by atoms with E-state index in [0.29, 0.717) is 24.8 Å². The van der Waals surface area contributed by atoms with E-state index in [1.54, 1.807) is 12.1 Å². The Kier molecular flexibility index (Phi) is 4.98. The molecule has 3 heterocycles. The summed E-state index contributed by atoms with van der Waals surface area (Å²) in [5.41, 5.74) is 0.751. The summed E-state index contributed by atoms with van der Waals surface area (Å²) in [4.78, 5) is 16.6. The van der Waals surface area contributed by atoms with Gasteiger partial charge in [0, 0.05) is 36.6 Å². The molecular weight excluding hydrogens is 370 g/mol. The Morgan fingerprint density at radius 1 is 1.29 bits per heavy atom. The molecule has 1 aliphatic heterocycles. The van der Waals surface area contributed by atoms with Gasteiger partial charge in [0.25, 0.3) is 5.91 Å². The number of rotatable bonds is 5. The Labute approximate surface area is 158 Å². The molecule has 0 aliphatic carbocycles. The topological polar surface area (TPSA) is 78.3 Å². The van der Waals surface area contributed by atoms with Gasteiger partial charge in [-0.15, -0.1) is 0 Å². The molecular formula is C19H16F2N4O3. The van der Waals surface area contributed by atoms with E-state index >= 15 is 0 Å². The first-order valence-electron chi connectivity index (χ1n) is 8.60. The van der Waals surface area contributed by atoms with Crippen molar-refractivity contribution in [3.8, 4) is 11.6 Å². The Bertz CT molecular complexity index is 1000. The van der Waals surface area contributed by atoms with Gasteiger partial charge in [-0.25, -0.2) is 18.4 Å². The first kappa shape index (κ1) is 18.1. The lowest BCUT2D eigenvalue weighted by Gasteiger charge is -2.11. The Morgan fingerprint density at radius 2 is 2.18 bits per heavy atom. The zero-order chi connectivity index (χ0) is 19.5. The third-order valence-corrected chi connectivity index (χ3v) is 4.17. The van der Waals surface area contributed by atoms with Crippen molar-refractivity contribution in [3.05, 3.63) is 66.1 Å². The first-order valence-corrected chi connectivity index (χ1v) is 8.60. The number of aromatic nitrogens is 3. The van der Waals surface area contributed by atoms with Crippen LogP contribution in [0.4, 0.5) is 14.5 Å². The second kappa shape index (κ2) is 7.73. The average Bonchev–Trinajstić information content (AvgIpc) is 3.34. The van der Waals surface area contributed by atoms with Crippen molar-refractivity contribution >= 4 is 11.6 Å². The number of halogens is 2. The number of ether oxygens (including phenoxy) is 2. The van der Waals surface area contributed by atoms with Crippen molar-refractivity contribution < 1.29 is 23.0 Å². The second-order valence-corrected chi connectivity index (χ2v) is 6.21. The zero-order valence-electron chi connectivity index (χ0n) is 14.6. The highest BCUT2D eigenvalue weighted by atomic mass is 19.1. The summed E-state index contributed by atoms with van der Waals surface area (Å²) >= 11 is 0. The van der Waals surface area contributed by atoms with Crippen LogP contribution in [-0.2, 0) is 4.74 Å². The molecule has 1 fully saturated rings. The molecule has 1 aliphatic rings. The van der Waals surface area contributed by atoms with Gasteiger partial charge >= 0.3 is 0 Å². The molecule has 9 heteroatoms. The summed E-state index contributed by atoms with van der Waals surface area (Å²) < 4.78 is 39.1. The van der Waals surface area contributed by atoms with Crippen molar-refractivity contribution in [1.82, 2.24) is 14.8 Å². The minimum Gasteiger partial charge on any atom is -0.472 e. The molecule has 0 saturated carbocycles. The zero-order valence-corrected chi connectivity index (χ0v) is 14.6. The Morgan fingerprint density at radius 3 is 2.96 bits per heavy atom. The van der Waals surface area contributed by atoms with E-state index < -0.39 is 17.5 Å². The molecule has 7 nitrogen and oxygen atoms in total. The van der Waals surface area contributed by atoms with Crippen molar-refractivity contribution in [2.24, 2.45) is 0 Å². The molecule has 1 N–H and O–H groups in total. The first-order chi connectivity index (χ1) is 13.6. The fraction of sp³-hybridized carbons (Fsp3) is 0.211. The van der Waals surface area contributed by atoms with Gasteiger partial charge in [0.1, 0.15) is 17.6 Å². The fourth-order valence-corrected chi connectivity index (χ4v) is 2.77. The van der Waals surface area contributed by atoms with E-state index in [4.69, 9.17) is 9.47 Å². The lowest BCUT2D eigenvalue weighted by Crippen LogP contribution is -2.17. The number of nitrogens with zero attached hydrogens (tertiary/aromatic N) is 3. The average molecular weight is 386 g/mol. The smallest absolute Gasteiger partial charge is 0.258 e. The minimum atomic E-state index is -0.776. The van der Waals surface area contributed by atoms with Crippen molar-refractivity contribution in [3.63, 3.8) is 0 Å². The number of hydrogen-bond acceptors (Lipinski definition) is 5. The predicted octanol–water partition coefficient (Wildman–Crippen LogP) is 2.97. The Hall–Kier alpha value is -3.33. The molecule has 1 saturated heterocycles. The van der Waals surface area contributed by atoms with Crippen LogP contribution < -0.4 is 10.1 Å². The highest BCUT2D eigenvalue weighted by Crippen LogP contribution is 2.19. The lowest BCUT2D eigenvalue weighted by atomic mass is 10.3. The van der Waals surface area contributed by atoms with Crippen molar-refractivity contribution in [1.29, 1.82) is 0 Å². The quantitative estimate of drug-likeness (QED) is 0.730. The molecule has 2 aromatic heterocycles. The van der Waals surface area contributed by atoms with E-state index in [1.807, 2.05) is 0 Å². The van der Waals surface area contributed by atoms with E-state index in [2.05, 4.69) is 15.4 Å². The van der Waals surface area contributed by atoms with Gasteiger partial charge in [0.2, 0.25) is 5.88 Å². The van der Waals surface area contributed by atoms with Gasteiger partial charge in [-0.2, -0.15) is 5.10 Å². The van der Waals surface area contributed by atoms with Gasteiger partial charge in [0.15, 0.2) is 5.82 Å². The Balaban J connectivity index is 1.46. The molecule has 3 aromatic rings. The number of benzene rings is 1. The number of nitrogens with one attached hydrogen (secondary N) is 1. The number of hydrogen-bond donors (Lipinski definition) is 1. The molecule has 144 valence electrons. The van der Waals surface area contributed by atoms with Crippen LogP contribution in [0.3, 0.4) is 0 Å². The van der Waals surface area contributed by atoms with Gasteiger partial charge in [-0.3, -0.25) is 4.79 Å². The third kappa shape index (κ3) is 3.99. The summed E-state index contributed by atoms with van der Waals surface area (Å²) in [5, 5.41) is 6.68. The van der Waals surface area contributed by atoms with Gasteiger partial charge in [-0.1, -0.05) is 0 Å². The largest absolute Gasteiger partial charge is 0.472 e. The van der Waals surface area contributed by atoms with Crippen LogP contribution in [0.2, 0.25) is 0 Å². The van der Waals surface area contributed by atoms with E-state index in [-0.39, 0.29) is 17.4 Å². The fourth-order valence-electron chi connectivity index (χ4n) is 2.77. The molecule has 1 amide bonds. The molecule has 4 rings (SSSR count). The summed E-state index contributed by atoms with van der Waals surface area (Å²) in [7, 11) is 0. The molecule has 0 bridgehead atoms. The number of pyridine rings is 1. The van der Waals surface area contributed by atoms with E-state index in [9.17, 15) is 13.6 Å². The third-order valence-electron chi connectivity index (χ3n) is 4.17. The van der Waals surface area contributed by atoms with E-state index in [1.165, 1.54) is 29.3 Å². The standard InChI is InChI=1S/C19H16F2N4O3/c20-13-1-2-17(16(21)7-13)25-10-12(9-23-25)19(26)24-14-3-5-22-18(8-14)28-15-4-6-27-11-15/h1-3,5,7-10,15H,4,6,11H2,(H,22,24,26)/t15-/m0/s1. The maximum atomic E-state index is 13.9. The van der Waals surface area contributed by atoms with Crippen molar-refractivity contribution in [2.75, 3.05) is 18.5 Å². The summed E-state index contributed by atoms with van der Waals surface area (Å²) in [5.74, 6) is -1.51. The lowest BCUT2D eigenvalue weighted by molar-refractivity contribution is 0.102. The molecule has 0 spiro atoms. The number of amides is 1. The van der Waals surface area contributed by atoms with Crippen LogP contribution in [0, 0.1) is 11.6 Å². The second-order valence-electron chi connectivity index (χ2n) is 6.21. The molecule has 1 atom stereocenters. The van der Waals surface area contributed by atoms with Crippen LogP contribution >= 0.6 is 0 Å². The highest BCUT2D eigenvalue weighted by Gasteiger charge is 2.18. The predicted molar refractivity (Wildman–Crippen MR) is 95.5 cm³/mol.